The second kappa shape index (κ2) is 7.12. The highest BCUT2D eigenvalue weighted by atomic mass is 79.9. The van der Waals surface area contributed by atoms with Gasteiger partial charge in [-0.25, -0.2) is 4.79 Å². The highest BCUT2D eigenvalue weighted by Crippen LogP contribution is 2.15. The van der Waals surface area contributed by atoms with E-state index < -0.39 is 0 Å². The minimum atomic E-state index is -0.298. The SMILES string of the molecule is O=C(N/C=C/c1ccc(Cl)cc1)Nc1cccc(Br)c1. The van der Waals surface area contributed by atoms with E-state index in [-0.39, 0.29) is 6.03 Å². The summed E-state index contributed by atoms with van der Waals surface area (Å²) in [6.45, 7) is 0. The predicted molar refractivity (Wildman–Crippen MR) is 86.8 cm³/mol. The molecule has 2 aromatic rings. The third kappa shape index (κ3) is 4.72. The van der Waals surface area contributed by atoms with Gasteiger partial charge >= 0.3 is 6.03 Å². The highest BCUT2D eigenvalue weighted by molar-refractivity contribution is 9.10. The Hall–Kier alpha value is -1.78. The summed E-state index contributed by atoms with van der Waals surface area (Å²) in [6, 6.07) is 14.4. The summed E-state index contributed by atoms with van der Waals surface area (Å²) in [6.07, 6.45) is 3.37. The van der Waals surface area contributed by atoms with Crippen molar-refractivity contribution in [3.63, 3.8) is 0 Å². The number of carbonyl (C=O) groups is 1. The first kappa shape index (κ1) is 14.6. The number of rotatable bonds is 3. The van der Waals surface area contributed by atoms with Crippen LogP contribution in [0.2, 0.25) is 5.02 Å². The summed E-state index contributed by atoms with van der Waals surface area (Å²) in [4.78, 5) is 11.7. The first-order valence-corrected chi connectivity index (χ1v) is 7.06. The van der Waals surface area contributed by atoms with Gasteiger partial charge in [0.15, 0.2) is 0 Å². The van der Waals surface area contributed by atoms with E-state index in [1.165, 1.54) is 0 Å². The monoisotopic (exact) mass is 350 g/mol. The lowest BCUT2D eigenvalue weighted by Crippen LogP contribution is -2.23. The van der Waals surface area contributed by atoms with Gasteiger partial charge in [-0.1, -0.05) is 45.7 Å². The van der Waals surface area contributed by atoms with Crippen LogP contribution in [0.25, 0.3) is 6.08 Å². The quantitative estimate of drug-likeness (QED) is 0.811. The molecule has 0 aliphatic rings. The fourth-order valence-electron chi connectivity index (χ4n) is 1.52. The van der Waals surface area contributed by atoms with E-state index in [0.29, 0.717) is 5.02 Å². The molecule has 0 unspecified atom stereocenters. The van der Waals surface area contributed by atoms with Gasteiger partial charge in [0, 0.05) is 21.4 Å². The minimum Gasteiger partial charge on any atom is -0.314 e. The number of amides is 2. The maximum Gasteiger partial charge on any atom is 0.323 e. The number of carbonyl (C=O) groups excluding carboxylic acids is 1. The van der Waals surface area contributed by atoms with E-state index in [2.05, 4.69) is 26.6 Å². The maximum atomic E-state index is 11.7. The van der Waals surface area contributed by atoms with Crippen molar-refractivity contribution in [2.45, 2.75) is 0 Å². The zero-order valence-electron chi connectivity index (χ0n) is 10.4. The van der Waals surface area contributed by atoms with E-state index in [1.54, 1.807) is 24.4 Å². The third-order valence-electron chi connectivity index (χ3n) is 2.44. The lowest BCUT2D eigenvalue weighted by molar-refractivity contribution is 0.255. The Kier molecular flexibility index (Phi) is 5.21. The number of benzene rings is 2. The van der Waals surface area contributed by atoms with Crippen LogP contribution >= 0.6 is 27.5 Å². The van der Waals surface area contributed by atoms with E-state index in [1.807, 2.05) is 36.4 Å². The van der Waals surface area contributed by atoms with Gasteiger partial charge in [-0.3, -0.25) is 0 Å². The molecule has 0 saturated carbocycles. The van der Waals surface area contributed by atoms with E-state index in [9.17, 15) is 4.79 Å². The molecule has 0 aliphatic carbocycles. The normalized spacial score (nSPS) is 10.5. The van der Waals surface area contributed by atoms with Crippen LogP contribution in [0.3, 0.4) is 0 Å². The van der Waals surface area contributed by atoms with E-state index >= 15 is 0 Å². The van der Waals surface area contributed by atoms with Crippen LogP contribution < -0.4 is 10.6 Å². The molecule has 2 rings (SSSR count). The maximum absolute atomic E-state index is 11.7. The molecule has 5 heteroatoms. The Morgan fingerprint density at radius 2 is 1.90 bits per heavy atom. The van der Waals surface area contributed by atoms with Gasteiger partial charge < -0.3 is 10.6 Å². The molecule has 0 bridgehead atoms. The van der Waals surface area contributed by atoms with Crippen molar-refractivity contribution >= 4 is 45.3 Å². The molecule has 2 amide bonds. The molecule has 20 heavy (non-hydrogen) atoms. The first-order chi connectivity index (χ1) is 9.63. The fraction of sp³-hybridized carbons (Fsp3) is 0. The van der Waals surface area contributed by atoms with Crippen LogP contribution in [-0.4, -0.2) is 6.03 Å². The van der Waals surface area contributed by atoms with Crippen molar-refractivity contribution in [2.75, 3.05) is 5.32 Å². The summed E-state index contributed by atoms with van der Waals surface area (Å²) in [7, 11) is 0. The Labute approximate surface area is 130 Å². The van der Waals surface area contributed by atoms with Crippen LogP contribution in [0.15, 0.2) is 59.2 Å². The predicted octanol–water partition coefficient (Wildman–Crippen LogP) is 4.89. The summed E-state index contributed by atoms with van der Waals surface area (Å²) >= 11 is 9.14. The molecular formula is C15H12BrClN2O. The molecule has 0 radical (unpaired) electrons. The molecule has 0 spiro atoms. The van der Waals surface area contributed by atoms with Crippen molar-refractivity contribution < 1.29 is 4.79 Å². The van der Waals surface area contributed by atoms with Crippen molar-refractivity contribution in [2.24, 2.45) is 0 Å². The van der Waals surface area contributed by atoms with Crippen molar-refractivity contribution in [3.05, 3.63) is 69.8 Å². The molecule has 0 heterocycles. The third-order valence-corrected chi connectivity index (χ3v) is 3.19. The number of anilines is 1. The van der Waals surface area contributed by atoms with Gasteiger partial charge in [-0.05, 0) is 42.0 Å². The topological polar surface area (TPSA) is 41.1 Å². The average Bonchev–Trinajstić information content (AvgIpc) is 2.41. The second-order valence-corrected chi connectivity index (χ2v) is 5.35. The van der Waals surface area contributed by atoms with Gasteiger partial charge in [-0.2, -0.15) is 0 Å². The molecule has 0 aliphatic heterocycles. The van der Waals surface area contributed by atoms with E-state index in [0.717, 1.165) is 15.7 Å². The van der Waals surface area contributed by atoms with Crippen molar-refractivity contribution in [1.29, 1.82) is 0 Å². The second-order valence-electron chi connectivity index (χ2n) is 3.99. The average molecular weight is 352 g/mol. The van der Waals surface area contributed by atoms with Crippen LogP contribution in [-0.2, 0) is 0 Å². The number of urea groups is 1. The van der Waals surface area contributed by atoms with Crippen LogP contribution in [0.1, 0.15) is 5.56 Å². The number of nitrogens with one attached hydrogen (secondary N) is 2. The zero-order chi connectivity index (χ0) is 14.4. The van der Waals surface area contributed by atoms with Gasteiger partial charge in [-0.15, -0.1) is 0 Å². The molecule has 0 fully saturated rings. The molecule has 0 saturated heterocycles. The number of halogens is 2. The van der Waals surface area contributed by atoms with Gasteiger partial charge in [0.25, 0.3) is 0 Å². The molecule has 2 aromatic carbocycles. The summed E-state index contributed by atoms with van der Waals surface area (Å²) in [5, 5.41) is 6.04. The molecule has 3 nitrogen and oxygen atoms in total. The molecule has 102 valence electrons. The lowest BCUT2D eigenvalue weighted by Gasteiger charge is -2.04. The standard InChI is InChI=1S/C15H12BrClN2O/c16-12-2-1-3-14(10-12)19-15(20)18-9-8-11-4-6-13(17)7-5-11/h1-10H,(H2,18,19,20)/b9-8+. The number of hydrogen-bond acceptors (Lipinski definition) is 1. The van der Waals surface area contributed by atoms with E-state index in [4.69, 9.17) is 11.6 Å². The molecule has 0 atom stereocenters. The molecule has 0 aromatic heterocycles. The molecule has 2 N–H and O–H groups in total. The Balaban J connectivity index is 1.87. The largest absolute Gasteiger partial charge is 0.323 e. The summed E-state index contributed by atoms with van der Waals surface area (Å²) < 4.78 is 0.909. The zero-order valence-corrected chi connectivity index (χ0v) is 12.8. The first-order valence-electron chi connectivity index (χ1n) is 5.89. The van der Waals surface area contributed by atoms with Gasteiger partial charge in [0.2, 0.25) is 0 Å². The van der Waals surface area contributed by atoms with Crippen LogP contribution in [0.4, 0.5) is 10.5 Å². The summed E-state index contributed by atoms with van der Waals surface area (Å²) in [5.74, 6) is 0. The van der Waals surface area contributed by atoms with Crippen molar-refractivity contribution in [3.8, 4) is 0 Å². The summed E-state index contributed by atoms with van der Waals surface area (Å²) in [5.41, 5.74) is 1.67. The number of hydrogen-bond donors (Lipinski definition) is 2. The highest BCUT2D eigenvalue weighted by Gasteiger charge is 1.99. The van der Waals surface area contributed by atoms with Crippen molar-refractivity contribution in [1.82, 2.24) is 5.32 Å². The van der Waals surface area contributed by atoms with Gasteiger partial charge in [0.05, 0.1) is 0 Å². The van der Waals surface area contributed by atoms with Crippen LogP contribution in [0, 0.1) is 0 Å². The fourth-order valence-corrected chi connectivity index (χ4v) is 2.05. The van der Waals surface area contributed by atoms with Crippen LogP contribution in [0.5, 0.6) is 0 Å². The Morgan fingerprint density at radius 1 is 1.15 bits per heavy atom. The minimum absolute atomic E-state index is 0.298. The Morgan fingerprint density at radius 3 is 2.60 bits per heavy atom. The molecular weight excluding hydrogens is 340 g/mol. The van der Waals surface area contributed by atoms with Gasteiger partial charge in [0.1, 0.15) is 0 Å². The Bertz CT molecular complexity index is 626. The smallest absolute Gasteiger partial charge is 0.314 e. The lowest BCUT2D eigenvalue weighted by atomic mass is 10.2.